The Bertz CT molecular complexity index is 595. The van der Waals surface area contributed by atoms with E-state index in [1.54, 1.807) is 0 Å². The van der Waals surface area contributed by atoms with Crippen molar-refractivity contribution >= 4 is 16.6 Å². The van der Waals surface area contributed by atoms with Crippen molar-refractivity contribution < 1.29 is 0 Å². The van der Waals surface area contributed by atoms with E-state index >= 15 is 0 Å². The molecule has 17 heavy (non-hydrogen) atoms. The Hall–Kier alpha value is -1.68. The summed E-state index contributed by atoms with van der Waals surface area (Å²) < 4.78 is 1.88. The molecular weight excluding hydrogens is 212 g/mol. The van der Waals surface area contributed by atoms with Crippen LogP contribution in [0.4, 0.5) is 0 Å². The lowest BCUT2D eigenvalue weighted by molar-refractivity contribution is 0.729. The smallest absolute Gasteiger partial charge is 0.158 e. The minimum absolute atomic E-state index is 0.937. The van der Waals surface area contributed by atoms with Gasteiger partial charge in [0.15, 0.2) is 5.65 Å². The highest BCUT2D eigenvalue weighted by atomic mass is 15.3. The van der Waals surface area contributed by atoms with Crippen LogP contribution >= 0.6 is 0 Å². The molecule has 0 amide bonds. The Labute approximate surface area is 100 Å². The van der Waals surface area contributed by atoms with Gasteiger partial charge in [-0.1, -0.05) is 6.08 Å². The molecule has 2 aromatic heterocycles. The maximum absolute atomic E-state index is 4.63. The fraction of sp³-hybridized carbons (Fsp3) is 0.385. The molecule has 0 bridgehead atoms. The van der Waals surface area contributed by atoms with Crippen molar-refractivity contribution in [1.29, 1.82) is 0 Å². The monoisotopic (exact) mass is 228 g/mol. The van der Waals surface area contributed by atoms with Gasteiger partial charge in [0.25, 0.3) is 0 Å². The Balaban J connectivity index is 2.26. The largest absolute Gasteiger partial charge is 0.313 e. The van der Waals surface area contributed by atoms with Crippen LogP contribution in [0.2, 0.25) is 0 Å². The van der Waals surface area contributed by atoms with E-state index in [-0.39, 0.29) is 0 Å². The molecule has 0 radical (unpaired) electrons. The van der Waals surface area contributed by atoms with Gasteiger partial charge in [-0.05, 0) is 37.1 Å². The number of aromatic nitrogens is 3. The van der Waals surface area contributed by atoms with Crippen LogP contribution in [0.15, 0.2) is 18.3 Å². The normalized spacial score (nSPS) is 16.2. The second kappa shape index (κ2) is 3.96. The molecule has 1 aliphatic rings. The zero-order valence-electron chi connectivity index (χ0n) is 10.2. The number of aryl methyl sites for hydroxylation is 2. The van der Waals surface area contributed by atoms with Crippen LogP contribution in [0, 0.1) is 6.92 Å². The van der Waals surface area contributed by atoms with Gasteiger partial charge in [-0.25, -0.2) is 9.67 Å². The van der Waals surface area contributed by atoms with Gasteiger partial charge in [-0.15, -0.1) is 0 Å². The molecule has 0 spiro atoms. The quantitative estimate of drug-likeness (QED) is 0.807. The summed E-state index contributed by atoms with van der Waals surface area (Å²) in [5.41, 5.74) is 4.66. The summed E-state index contributed by atoms with van der Waals surface area (Å²) in [6.07, 6.45) is 5.12. The van der Waals surface area contributed by atoms with E-state index in [0.717, 1.165) is 30.9 Å². The molecule has 0 saturated heterocycles. The second-order valence-corrected chi connectivity index (χ2v) is 4.48. The lowest BCUT2D eigenvalue weighted by Gasteiger charge is -2.12. The van der Waals surface area contributed by atoms with Crippen molar-refractivity contribution in [1.82, 2.24) is 20.1 Å². The minimum Gasteiger partial charge on any atom is -0.313 e. The molecule has 2 aromatic rings. The van der Waals surface area contributed by atoms with Crippen molar-refractivity contribution in [2.24, 2.45) is 7.05 Å². The van der Waals surface area contributed by atoms with Gasteiger partial charge < -0.3 is 5.32 Å². The van der Waals surface area contributed by atoms with E-state index in [1.807, 2.05) is 17.9 Å². The summed E-state index contributed by atoms with van der Waals surface area (Å²) in [6, 6.07) is 2.05. The number of rotatable bonds is 1. The van der Waals surface area contributed by atoms with Crippen molar-refractivity contribution in [3.05, 3.63) is 29.6 Å². The minimum atomic E-state index is 0.937. The van der Waals surface area contributed by atoms with E-state index in [2.05, 4.69) is 34.5 Å². The van der Waals surface area contributed by atoms with Gasteiger partial charge in [0.1, 0.15) is 0 Å². The van der Waals surface area contributed by atoms with Crippen LogP contribution in [0.5, 0.6) is 0 Å². The molecule has 1 aliphatic heterocycles. The van der Waals surface area contributed by atoms with E-state index in [4.69, 9.17) is 0 Å². The van der Waals surface area contributed by atoms with Crippen molar-refractivity contribution in [3.63, 3.8) is 0 Å². The molecule has 88 valence electrons. The zero-order chi connectivity index (χ0) is 11.8. The van der Waals surface area contributed by atoms with Gasteiger partial charge in [0, 0.05) is 25.2 Å². The van der Waals surface area contributed by atoms with Gasteiger partial charge in [0.05, 0.1) is 5.69 Å². The SMILES string of the molecule is Cc1ccnc2c1c(C1=CCNCC1)nn2C. The Morgan fingerprint density at radius 3 is 3.06 bits per heavy atom. The highest BCUT2D eigenvalue weighted by molar-refractivity contribution is 5.91. The van der Waals surface area contributed by atoms with Crippen LogP contribution < -0.4 is 5.32 Å². The lowest BCUT2D eigenvalue weighted by Crippen LogP contribution is -2.20. The van der Waals surface area contributed by atoms with Gasteiger partial charge in [0.2, 0.25) is 0 Å². The summed E-state index contributed by atoms with van der Waals surface area (Å²) in [5, 5.41) is 9.16. The molecular formula is C13H16N4. The summed E-state index contributed by atoms with van der Waals surface area (Å²) >= 11 is 0. The predicted octanol–water partition coefficient (Wildman–Crippen LogP) is 1.65. The Morgan fingerprint density at radius 1 is 1.41 bits per heavy atom. The molecule has 0 unspecified atom stereocenters. The molecule has 3 heterocycles. The maximum Gasteiger partial charge on any atom is 0.158 e. The van der Waals surface area contributed by atoms with E-state index in [0.29, 0.717) is 0 Å². The number of hydrogen-bond donors (Lipinski definition) is 1. The highest BCUT2D eigenvalue weighted by Crippen LogP contribution is 2.28. The number of nitrogens with zero attached hydrogens (tertiary/aromatic N) is 3. The Kier molecular flexibility index (Phi) is 2.44. The topological polar surface area (TPSA) is 42.7 Å². The van der Waals surface area contributed by atoms with Crippen LogP contribution in [-0.4, -0.2) is 27.9 Å². The molecule has 0 aliphatic carbocycles. The third-order valence-electron chi connectivity index (χ3n) is 3.30. The van der Waals surface area contributed by atoms with Crippen LogP contribution in [-0.2, 0) is 7.05 Å². The first-order valence-electron chi connectivity index (χ1n) is 5.96. The van der Waals surface area contributed by atoms with Crippen molar-refractivity contribution in [2.45, 2.75) is 13.3 Å². The van der Waals surface area contributed by atoms with E-state index in [1.165, 1.54) is 16.5 Å². The molecule has 3 rings (SSSR count). The Morgan fingerprint density at radius 2 is 2.29 bits per heavy atom. The molecule has 0 saturated carbocycles. The first-order chi connectivity index (χ1) is 8.27. The predicted molar refractivity (Wildman–Crippen MR) is 68.7 cm³/mol. The van der Waals surface area contributed by atoms with Crippen LogP contribution in [0.3, 0.4) is 0 Å². The summed E-state index contributed by atoms with van der Waals surface area (Å²) in [4.78, 5) is 4.41. The molecule has 0 aromatic carbocycles. The number of fused-ring (bicyclic) bond motifs is 1. The second-order valence-electron chi connectivity index (χ2n) is 4.48. The molecule has 0 atom stereocenters. The standard InChI is InChI=1S/C13H16N4/c1-9-3-8-15-13-11(9)12(16-17(13)2)10-4-6-14-7-5-10/h3-4,8,14H,5-7H2,1-2H3. The lowest BCUT2D eigenvalue weighted by atomic mass is 10.0. The average Bonchev–Trinajstić information content (AvgIpc) is 2.70. The van der Waals surface area contributed by atoms with Gasteiger partial charge >= 0.3 is 0 Å². The molecule has 4 nitrogen and oxygen atoms in total. The summed E-state index contributed by atoms with van der Waals surface area (Å²) in [7, 11) is 1.96. The zero-order valence-corrected chi connectivity index (χ0v) is 10.2. The number of pyridine rings is 1. The molecule has 1 N–H and O–H groups in total. The fourth-order valence-corrected chi connectivity index (χ4v) is 2.39. The van der Waals surface area contributed by atoms with E-state index in [9.17, 15) is 0 Å². The maximum atomic E-state index is 4.63. The average molecular weight is 228 g/mol. The third kappa shape index (κ3) is 1.65. The van der Waals surface area contributed by atoms with Crippen LogP contribution in [0.25, 0.3) is 16.6 Å². The number of nitrogens with one attached hydrogen (secondary N) is 1. The van der Waals surface area contributed by atoms with Crippen LogP contribution in [0.1, 0.15) is 17.7 Å². The summed E-state index contributed by atoms with van der Waals surface area (Å²) in [6.45, 7) is 4.09. The van der Waals surface area contributed by atoms with Crippen molar-refractivity contribution in [3.8, 4) is 0 Å². The van der Waals surface area contributed by atoms with Crippen molar-refractivity contribution in [2.75, 3.05) is 13.1 Å². The highest BCUT2D eigenvalue weighted by Gasteiger charge is 2.16. The first kappa shape index (κ1) is 10.5. The third-order valence-corrected chi connectivity index (χ3v) is 3.30. The van der Waals surface area contributed by atoms with E-state index < -0.39 is 0 Å². The van der Waals surface area contributed by atoms with Gasteiger partial charge in [-0.2, -0.15) is 5.10 Å². The fourth-order valence-electron chi connectivity index (χ4n) is 2.39. The first-order valence-corrected chi connectivity index (χ1v) is 5.96. The summed E-state index contributed by atoms with van der Waals surface area (Å²) in [5.74, 6) is 0. The molecule has 0 fully saturated rings. The molecule has 4 heteroatoms. The van der Waals surface area contributed by atoms with Gasteiger partial charge in [-0.3, -0.25) is 0 Å². The number of hydrogen-bond acceptors (Lipinski definition) is 3.